The molecule has 0 aliphatic carbocycles. The minimum atomic E-state index is -4.93. The van der Waals surface area contributed by atoms with Crippen molar-refractivity contribution in [1.82, 2.24) is 14.5 Å². The van der Waals surface area contributed by atoms with E-state index in [-0.39, 0.29) is 21.9 Å². The van der Waals surface area contributed by atoms with E-state index in [2.05, 4.69) is 5.32 Å². The third-order valence-electron chi connectivity index (χ3n) is 6.72. The van der Waals surface area contributed by atoms with Gasteiger partial charge in [-0.25, -0.2) is 14.0 Å². The van der Waals surface area contributed by atoms with Gasteiger partial charge in [0.1, 0.15) is 17.2 Å². The first-order chi connectivity index (χ1) is 21.1. The first-order valence-corrected chi connectivity index (χ1v) is 14.0. The Hall–Kier alpha value is -4.58. The summed E-state index contributed by atoms with van der Waals surface area (Å²) in [7, 11) is 1.36. The number of methoxy groups -OCH3 is 1. The molecule has 0 radical (unpaired) electrons. The number of alkyl carbamates (subject to hydrolysis) is 1. The highest BCUT2D eigenvalue weighted by atomic mass is 35.5. The normalized spacial score (nSPS) is 12.5. The maximum Gasteiger partial charge on any atom is 0.416 e. The molecular formula is C32H30ClF4N3O5. The van der Waals surface area contributed by atoms with Gasteiger partial charge in [0.05, 0.1) is 42.4 Å². The zero-order chi connectivity index (χ0) is 33.1. The minimum Gasteiger partial charge on any atom is -0.495 e. The fourth-order valence-corrected chi connectivity index (χ4v) is 5.00. The van der Waals surface area contributed by atoms with Gasteiger partial charge in [0, 0.05) is 17.3 Å². The van der Waals surface area contributed by atoms with Crippen LogP contribution in [0.25, 0.3) is 11.1 Å². The molecule has 0 bridgehead atoms. The zero-order valence-electron chi connectivity index (χ0n) is 24.7. The van der Waals surface area contributed by atoms with Gasteiger partial charge in [0.25, 0.3) is 5.56 Å². The van der Waals surface area contributed by atoms with Crippen molar-refractivity contribution >= 4 is 17.7 Å². The summed E-state index contributed by atoms with van der Waals surface area (Å²) in [5.74, 6) is -0.996. The number of carbonyl (C=O) groups excluding carboxylic acids is 1. The minimum absolute atomic E-state index is 0.00205. The van der Waals surface area contributed by atoms with Crippen LogP contribution >= 0.6 is 11.6 Å². The van der Waals surface area contributed by atoms with E-state index in [1.165, 1.54) is 25.3 Å². The van der Waals surface area contributed by atoms with Crippen molar-refractivity contribution in [3.05, 3.63) is 121 Å². The van der Waals surface area contributed by atoms with Crippen molar-refractivity contribution in [1.29, 1.82) is 0 Å². The summed E-state index contributed by atoms with van der Waals surface area (Å²) in [5.41, 5.74) is -4.41. The molecule has 1 heterocycles. The second-order valence-corrected chi connectivity index (χ2v) is 11.4. The Balaban J connectivity index is 1.94. The number of alkyl halides is 3. The largest absolute Gasteiger partial charge is 0.495 e. The molecule has 4 aromatic rings. The molecule has 0 fully saturated rings. The van der Waals surface area contributed by atoms with Crippen molar-refractivity contribution in [2.45, 2.75) is 51.7 Å². The van der Waals surface area contributed by atoms with Gasteiger partial charge in [0.2, 0.25) is 0 Å². The lowest BCUT2D eigenvalue weighted by atomic mass is 10.0. The number of nitrogens with one attached hydrogen (secondary N) is 1. The standard InChI is InChI=1S/C32H30ClF4N3O5/c1-31(2,3)45-29(42)38-25(19-10-6-5-7-11-19)18-40-28(41)21(20-12-8-15-26(44-4)27(20)33)16-39(30(40)43)17-22-23(32(35,36)37)13-9-14-24(22)34/h5-16,25H,17-18H2,1-4H3,(H,38,42). The van der Waals surface area contributed by atoms with Gasteiger partial charge in [-0.3, -0.25) is 13.9 Å². The number of aromatic nitrogens is 2. The lowest BCUT2D eigenvalue weighted by Gasteiger charge is -2.25. The van der Waals surface area contributed by atoms with Crippen molar-refractivity contribution in [3.63, 3.8) is 0 Å². The quantitative estimate of drug-likeness (QED) is 0.212. The Morgan fingerprint density at radius 1 is 0.956 bits per heavy atom. The number of nitrogens with zero attached hydrogens (tertiary/aromatic N) is 2. The van der Waals surface area contributed by atoms with E-state index >= 15 is 0 Å². The molecule has 1 amide bonds. The van der Waals surface area contributed by atoms with E-state index < -0.39 is 65.2 Å². The summed E-state index contributed by atoms with van der Waals surface area (Å²) in [6, 6.07) is 14.4. The molecular weight excluding hydrogens is 618 g/mol. The summed E-state index contributed by atoms with van der Waals surface area (Å²) in [4.78, 5) is 40.6. The number of amides is 1. The highest BCUT2D eigenvalue weighted by Crippen LogP contribution is 2.35. The first kappa shape index (κ1) is 33.3. The van der Waals surface area contributed by atoms with Crippen LogP contribution in [0.4, 0.5) is 22.4 Å². The summed E-state index contributed by atoms with van der Waals surface area (Å²) >= 11 is 6.52. The molecule has 1 N–H and O–H groups in total. The molecule has 45 heavy (non-hydrogen) atoms. The topological polar surface area (TPSA) is 91.6 Å². The SMILES string of the molecule is COc1cccc(-c2cn(Cc3c(F)cccc3C(F)(F)F)c(=O)n(CC(NC(=O)OC(C)(C)C)c3ccccc3)c2=O)c1Cl. The smallest absolute Gasteiger partial charge is 0.416 e. The Kier molecular flexibility index (Phi) is 9.76. The molecule has 13 heteroatoms. The maximum absolute atomic E-state index is 14.9. The maximum atomic E-state index is 14.9. The Morgan fingerprint density at radius 2 is 1.62 bits per heavy atom. The highest BCUT2D eigenvalue weighted by Gasteiger charge is 2.35. The third kappa shape index (κ3) is 7.75. The first-order valence-electron chi connectivity index (χ1n) is 13.7. The van der Waals surface area contributed by atoms with Crippen molar-refractivity contribution in [2.75, 3.05) is 7.11 Å². The van der Waals surface area contributed by atoms with Crippen LogP contribution in [0.15, 0.2) is 82.5 Å². The van der Waals surface area contributed by atoms with Crippen molar-refractivity contribution < 1.29 is 31.8 Å². The molecule has 0 saturated heterocycles. The average molecular weight is 648 g/mol. The number of benzene rings is 3. The summed E-state index contributed by atoms with van der Waals surface area (Å²) < 4.78 is 68.7. The number of carbonyl (C=O) groups is 1. The molecule has 1 atom stereocenters. The number of hydrogen-bond acceptors (Lipinski definition) is 5. The predicted octanol–water partition coefficient (Wildman–Crippen LogP) is 6.81. The van der Waals surface area contributed by atoms with Crippen LogP contribution in [0.3, 0.4) is 0 Å². The summed E-state index contributed by atoms with van der Waals surface area (Å²) in [6.07, 6.45) is -4.73. The van der Waals surface area contributed by atoms with Gasteiger partial charge in [-0.15, -0.1) is 0 Å². The van der Waals surface area contributed by atoms with Crippen LogP contribution in [-0.4, -0.2) is 27.9 Å². The van der Waals surface area contributed by atoms with Gasteiger partial charge < -0.3 is 14.8 Å². The fourth-order valence-electron chi connectivity index (χ4n) is 4.70. The molecule has 0 aliphatic rings. The summed E-state index contributed by atoms with van der Waals surface area (Å²) in [5, 5.41) is 2.67. The Bertz CT molecular complexity index is 1820. The monoisotopic (exact) mass is 647 g/mol. The van der Waals surface area contributed by atoms with Gasteiger partial charge in [-0.1, -0.05) is 60.1 Å². The molecule has 1 aromatic heterocycles. The third-order valence-corrected chi connectivity index (χ3v) is 7.11. The summed E-state index contributed by atoms with van der Waals surface area (Å²) in [6.45, 7) is 3.65. The molecule has 238 valence electrons. The number of rotatable bonds is 8. The van der Waals surface area contributed by atoms with E-state index in [0.717, 1.165) is 27.5 Å². The van der Waals surface area contributed by atoms with Gasteiger partial charge >= 0.3 is 18.0 Å². The predicted molar refractivity (Wildman–Crippen MR) is 161 cm³/mol. The second-order valence-electron chi connectivity index (χ2n) is 11.1. The van der Waals surface area contributed by atoms with Crippen LogP contribution < -0.4 is 21.3 Å². The molecule has 3 aromatic carbocycles. The van der Waals surface area contributed by atoms with E-state index in [4.69, 9.17) is 21.1 Å². The fraction of sp³-hybridized carbons (Fsp3) is 0.281. The van der Waals surface area contributed by atoms with E-state index in [9.17, 15) is 31.9 Å². The number of halogens is 5. The zero-order valence-corrected chi connectivity index (χ0v) is 25.5. The molecule has 4 rings (SSSR count). The number of hydrogen-bond donors (Lipinski definition) is 1. The lowest BCUT2D eigenvalue weighted by Crippen LogP contribution is -2.45. The average Bonchev–Trinajstić information content (AvgIpc) is 2.96. The second kappa shape index (κ2) is 13.2. The van der Waals surface area contributed by atoms with Crippen LogP contribution in [-0.2, 0) is 24.0 Å². The van der Waals surface area contributed by atoms with Crippen LogP contribution in [0, 0.1) is 5.82 Å². The molecule has 0 aliphatic heterocycles. The van der Waals surface area contributed by atoms with Crippen LogP contribution in [0.2, 0.25) is 5.02 Å². The molecule has 8 nitrogen and oxygen atoms in total. The highest BCUT2D eigenvalue weighted by molar-refractivity contribution is 6.34. The Labute approximate surface area is 260 Å². The van der Waals surface area contributed by atoms with Gasteiger partial charge in [-0.2, -0.15) is 13.2 Å². The van der Waals surface area contributed by atoms with Gasteiger partial charge in [0.15, 0.2) is 0 Å². The van der Waals surface area contributed by atoms with E-state index in [1.807, 2.05) is 0 Å². The number of ether oxygens (including phenoxy) is 2. The van der Waals surface area contributed by atoms with E-state index in [1.54, 1.807) is 51.1 Å². The van der Waals surface area contributed by atoms with Crippen LogP contribution in [0.5, 0.6) is 5.75 Å². The molecule has 1 unspecified atom stereocenters. The van der Waals surface area contributed by atoms with E-state index in [0.29, 0.717) is 11.6 Å². The molecule has 0 saturated carbocycles. The van der Waals surface area contributed by atoms with Crippen molar-refractivity contribution in [3.8, 4) is 16.9 Å². The lowest BCUT2D eigenvalue weighted by molar-refractivity contribution is -0.138. The van der Waals surface area contributed by atoms with Crippen LogP contribution in [0.1, 0.15) is 43.5 Å². The Morgan fingerprint density at radius 3 is 2.24 bits per heavy atom. The van der Waals surface area contributed by atoms with Crippen molar-refractivity contribution in [2.24, 2.45) is 0 Å². The van der Waals surface area contributed by atoms with Gasteiger partial charge in [-0.05, 0) is 44.5 Å². The molecule has 0 spiro atoms.